The van der Waals surface area contributed by atoms with E-state index in [1.807, 2.05) is 36.4 Å². The highest BCUT2D eigenvalue weighted by Crippen LogP contribution is 2.38. The molecule has 0 bridgehead atoms. The van der Waals surface area contributed by atoms with Crippen LogP contribution in [-0.4, -0.2) is 12.6 Å². The van der Waals surface area contributed by atoms with Gasteiger partial charge in [0.05, 0.1) is 24.3 Å². The quantitative estimate of drug-likeness (QED) is 0.181. The van der Waals surface area contributed by atoms with Gasteiger partial charge >= 0.3 is 5.97 Å². The molecule has 3 rings (SSSR count). The van der Waals surface area contributed by atoms with Gasteiger partial charge in [0, 0.05) is 0 Å². The molecular formula is C30H36N2O3. The number of para-hydroxylation sites is 2. The zero-order valence-electron chi connectivity index (χ0n) is 20.8. The molecule has 0 aromatic heterocycles. The second-order valence-electron chi connectivity index (χ2n) is 9.31. The second-order valence-corrected chi connectivity index (χ2v) is 9.31. The third-order valence-electron chi connectivity index (χ3n) is 6.74. The fourth-order valence-corrected chi connectivity index (χ4v) is 4.88. The SMILES string of the molecule is CCCCCc1cccc(C(=O)Oc2ccccc2OCCCC(C#N)C#N)c1C1CCCCC1. The molecule has 0 atom stereocenters. The Bertz CT molecular complexity index is 1030. The maximum atomic E-state index is 13.5. The van der Waals surface area contributed by atoms with Crippen molar-refractivity contribution in [3.8, 4) is 23.6 Å². The van der Waals surface area contributed by atoms with Gasteiger partial charge in [0.15, 0.2) is 11.5 Å². The lowest BCUT2D eigenvalue weighted by atomic mass is 9.79. The van der Waals surface area contributed by atoms with E-state index in [4.69, 9.17) is 20.0 Å². The lowest BCUT2D eigenvalue weighted by molar-refractivity contribution is 0.0725. The largest absolute Gasteiger partial charge is 0.490 e. The minimum Gasteiger partial charge on any atom is -0.490 e. The summed E-state index contributed by atoms with van der Waals surface area (Å²) >= 11 is 0. The van der Waals surface area contributed by atoms with Gasteiger partial charge in [0.1, 0.15) is 5.92 Å². The van der Waals surface area contributed by atoms with Crippen LogP contribution in [0.2, 0.25) is 0 Å². The van der Waals surface area contributed by atoms with Gasteiger partial charge in [-0.1, -0.05) is 63.3 Å². The summed E-state index contributed by atoms with van der Waals surface area (Å²) in [7, 11) is 0. The molecule has 2 aromatic rings. The summed E-state index contributed by atoms with van der Waals surface area (Å²) in [4.78, 5) is 13.5. The Kier molecular flexibility index (Phi) is 10.6. The van der Waals surface area contributed by atoms with E-state index in [1.165, 1.54) is 43.2 Å². The zero-order chi connectivity index (χ0) is 24.9. The number of nitrogens with zero attached hydrogens (tertiary/aromatic N) is 2. The number of hydrogen-bond acceptors (Lipinski definition) is 5. The molecule has 35 heavy (non-hydrogen) atoms. The predicted octanol–water partition coefficient (Wildman–Crippen LogP) is 7.51. The first-order valence-corrected chi connectivity index (χ1v) is 13.0. The summed E-state index contributed by atoms with van der Waals surface area (Å²) in [5.74, 6) is 0.316. The molecule has 0 saturated heterocycles. The number of esters is 1. The minimum atomic E-state index is -0.630. The first kappa shape index (κ1) is 26.3. The Balaban J connectivity index is 1.76. The van der Waals surface area contributed by atoms with Crippen LogP contribution in [-0.2, 0) is 6.42 Å². The van der Waals surface area contributed by atoms with Gasteiger partial charge in [-0.2, -0.15) is 10.5 Å². The second kappa shape index (κ2) is 14.2. The summed E-state index contributed by atoms with van der Waals surface area (Å²) in [6.07, 6.45) is 11.4. The monoisotopic (exact) mass is 472 g/mol. The molecule has 0 aliphatic heterocycles. The van der Waals surface area contributed by atoms with Crippen molar-refractivity contribution in [2.45, 2.75) is 83.5 Å². The molecule has 0 heterocycles. The van der Waals surface area contributed by atoms with Crippen molar-refractivity contribution in [2.24, 2.45) is 5.92 Å². The molecule has 1 aliphatic carbocycles. The molecule has 0 spiro atoms. The lowest BCUT2D eigenvalue weighted by Crippen LogP contribution is -2.17. The van der Waals surface area contributed by atoms with E-state index in [0.29, 0.717) is 42.4 Å². The van der Waals surface area contributed by atoms with Gasteiger partial charge in [-0.15, -0.1) is 0 Å². The van der Waals surface area contributed by atoms with Crippen LogP contribution in [0.3, 0.4) is 0 Å². The number of carbonyl (C=O) groups is 1. The van der Waals surface area contributed by atoms with Crippen LogP contribution in [0, 0.1) is 28.6 Å². The summed E-state index contributed by atoms with van der Waals surface area (Å²) < 4.78 is 11.7. The van der Waals surface area contributed by atoms with E-state index in [2.05, 4.69) is 13.0 Å². The highest BCUT2D eigenvalue weighted by Gasteiger charge is 2.25. The third kappa shape index (κ3) is 7.59. The molecule has 5 heteroatoms. The van der Waals surface area contributed by atoms with Crippen LogP contribution < -0.4 is 9.47 Å². The summed E-state index contributed by atoms with van der Waals surface area (Å²) in [6.45, 7) is 2.55. The van der Waals surface area contributed by atoms with Gasteiger partial charge in [0.25, 0.3) is 0 Å². The maximum Gasteiger partial charge on any atom is 0.343 e. The van der Waals surface area contributed by atoms with Crippen LogP contribution in [0.1, 0.15) is 98.5 Å². The van der Waals surface area contributed by atoms with Crippen LogP contribution in [0.4, 0.5) is 0 Å². The normalized spacial score (nSPS) is 13.7. The van der Waals surface area contributed by atoms with Crippen LogP contribution in [0.15, 0.2) is 42.5 Å². The zero-order valence-corrected chi connectivity index (χ0v) is 20.8. The molecule has 1 aliphatic rings. The van der Waals surface area contributed by atoms with E-state index in [-0.39, 0.29) is 5.97 Å². The summed E-state index contributed by atoms with van der Waals surface area (Å²) in [5, 5.41) is 17.8. The van der Waals surface area contributed by atoms with Crippen molar-refractivity contribution in [3.05, 3.63) is 59.2 Å². The number of unbranched alkanes of at least 4 members (excludes halogenated alkanes) is 2. The van der Waals surface area contributed by atoms with E-state index in [1.54, 1.807) is 12.1 Å². The average Bonchev–Trinajstić information content (AvgIpc) is 2.90. The third-order valence-corrected chi connectivity index (χ3v) is 6.74. The number of rotatable bonds is 12. The Morgan fingerprint density at radius 1 is 0.971 bits per heavy atom. The standard InChI is InChI=1S/C30H36N2O3/c1-2-3-5-13-25-16-10-17-26(29(25)24-14-6-4-7-15-24)30(33)35-28-19-9-8-18-27(28)34-20-11-12-23(21-31)22-32/h8-10,16-19,23-24H,2-7,11-15,20H2,1H3. The van der Waals surface area contributed by atoms with Crippen molar-refractivity contribution >= 4 is 5.97 Å². The van der Waals surface area contributed by atoms with Crippen LogP contribution in [0.5, 0.6) is 11.5 Å². The Morgan fingerprint density at radius 2 is 1.71 bits per heavy atom. The van der Waals surface area contributed by atoms with E-state index in [9.17, 15) is 4.79 Å². The number of hydrogen-bond donors (Lipinski definition) is 0. The molecule has 0 amide bonds. The van der Waals surface area contributed by atoms with E-state index in [0.717, 1.165) is 25.7 Å². The van der Waals surface area contributed by atoms with Crippen molar-refractivity contribution < 1.29 is 14.3 Å². The van der Waals surface area contributed by atoms with Crippen molar-refractivity contribution in [2.75, 3.05) is 6.61 Å². The van der Waals surface area contributed by atoms with E-state index >= 15 is 0 Å². The maximum absolute atomic E-state index is 13.5. The number of ether oxygens (including phenoxy) is 2. The first-order valence-electron chi connectivity index (χ1n) is 13.0. The van der Waals surface area contributed by atoms with Crippen molar-refractivity contribution in [1.29, 1.82) is 10.5 Å². The Labute approximate surface area is 209 Å². The van der Waals surface area contributed by atoms with Gasteiger partial charge in [-0.25, -0.2) is 4.79 Å². The topological polar surface area (TPSA) is 83.1 Å². The van der Waals surface area contributed by atoms with Crippen molar-refractivity contribution in [3.63, 3.8) is 0 Å². The summed E-state index contributed by atoms with van der Waals surface area (Å²) in [6, 6.07) is 17.2. The average molecular weight is 473 g/mol. The van der Waals surface area contributed by atoms with Crippen LogP contribution >= 0.6 is 0 Å². The molecule has 184 valence electrons. The minimum absolute atomic E-state index is 0.340. The molecule has 1 saturated carbocycles. The summed E-state index contributed by atoms with van der Waals surface area (Å²) in [5.41, 5.74) is 3.14. The van der Waals surface area contributed by atoms with Gasteiger partial charge in [-0.05, 0) is 73.8 Å². The van der Waals surface area contributed by atoms with Gasteiger partial charge < -0.3 is 9.47 Å². The van der Waals surface area contributed by atoms with Gasteiger partial charge in [-0.3, -0.25) is 0 Å². The molecule has 5 nitrogen and oxygen atoms in total. The number of benzene rings is 2. The highest BCUT2D eigenvalue weighted by atomic mass is 16.6. The first-order chi connectivity index (χ1) is 17.2. The number of carbonyl (C=O) groups excluding carboxylic acids is 1. The van der Waals surface area contributed by atoms with Crippen LogP contribution in [0.25, 0.3) is 0 Å². The Hall–Kier alpha value is -3.31. The smallest absolute Gasteiger partial charge is 0.343 e. The molecule has 2 aromatic carbocycles. The molecule has 0 N–H and O–H groups in total. The van der Waals surface area contributed by atoms with E-state index < -0.39 is 5.92 Å². The lowest BCUT2D eigenvalue weighted by Gasteiger charge is -2.26. The highest BCUT2D eigenvalue weighted by molar-refractivity contribution is 5.93. The number of aryl methyl sites for hydroxylation is 1. The van der Waals surface area contributed by atoms with Gasteiger partial charge in [0.2, 0.25) is 0 Å². The fourth-order valence-electron chi connectivity index (χ4n) is 4.88. The molecular weight excluding hydrogens is 436 g/mol. The Morgan fingerprint density at radius 3 is 2.43 bits per heavy atom. The molecule has 0 radical (unpaired) electrons. The van der Waals surface area contributed by atoms with Crippen molar-refractivity contribution in [1.82, 2.24) is 0 Å². The molecule has 0 unspecified atom stereocenters. The fraction of sp³-hybridized carbons (Fsp3) is 0.500. The number of nitriles is 2. The molecule has 1 fully saturated rings. The predicted molar refractivity (Wildman–Crippen MR) is 136 cm³/mol.